The van der Waals surface area contributed by atoms with Gasteiger partial charge in [0, 0.05) is 0 Å². The lowest BCUT2D eigenvalue weighted by Crippen LogP contribution is -2.28. The number of thiocarbonyl (C=S) groups is 1. The molecule has 0 aliphatic carbocycles. The van der Waals surface area contributed by atoms with Gasteiger partial charge in [-0.2, -0.15) is 0 Å². The Morgan fingerprint density at radius 3 is 2.53 bits per heavy atom. The smallest absolute Gasteiger partial charge is 0.104 e. The second-order valence-corrected chi connectivity index (χ2v) is 4.05. The number of hydrogen-bond acceptors (Lipinski definition) is 2. The van der Waals surface area contributed by atoms with Crippen LogP contribution in [0.25, 0.3) is 0 Å². The predicted octanol–water partition coefficient (Wildman–Crippen LogP) is 3.57. The Morgan fingerprint density at radius 2 is 2.00 bits per heavy atom. The monoisotopic (exact) mass is 223 g/mol. The lowest BCUT2D eigenvalue weighted by molar-refractivity contribution is -0.0484. The van der Waals surface area contributed by atoms with Crippen molar-refractivity contribution in [1.29, 1.82) is 0 Å². The molecule has 0 heterocycles. The molecule has 1 aromatic rings. The van der Waals surface area contributed by atoms with Gasteiger partial charge in [-0.25, -0.2) is 5.06 Å². The Labute approximate surface area is 96.5 Å². The van der Waals surface area contributed by atoms with Crippen molar-refractivity contribution >= 4 is 17.2 Å². The van der Waals surface area contributed by atoms with Crippen molar-refractivity contribution in [2.75, 3.05) is 0 Å². The van der Waals surface area contributed by atoms with E-state index in [0.717, 1.165) is 18.4 Å². The Balaban J connectivity index is 2.68. The van der Waals surface area contributed by atoms with E-state index in [0.29, 0.717) is 4.99 Å². The van der Waals surface area contributed by atoms with Gasteiger partial charge in [0.25, 0.3) is 0 Å². The molecule has 0 bridgehead atoms. The predicted molar refractivity (Wildman–Crippen MR) is 66.0 cm³/mol. The van der Waals surface area contributed by atoms with Crippen LogP contribution in [0.4, 0.5) is 0 Å². The normalized spacial score (nSPS) is 12.2. The lowest BCUT2D eigenvalue weighted by Gasteiger charge is -2.25. The molecule has 1 N–H and O–H groups in total. The molecule has 0 radical (unpaired) electrons. The van der Waals surface area contributed by atoms with Crippen LogP contribution in [0.2, 0.25) is 0 Å². The second kappa shape index (κ2) is 5.83. The van der Waals surface area contributed by atoms with Crippen molar-refractivity contribution < 1.29 is 5.21 Å². The van der Waals surface area contributed by atoms with Gasteiger partial charge >= 0.3 is 0 Å². The molecule has 0 spiro atoms. The van der Waals surface area contributed by atoms with E-state index in [9.17, 15) is 5.21 Å². The topological polar surface area (TPSA) is 23.5 Å². The number of nitrogens with zero attached hydrogens (tertiary/aromatic N) is 1. The first kappa shape index (κ1) is 12.1. The first-order valence-electron chi connectivity index (χ1n) is 5.22. The van der Waals surface area contributed by atoms with Crippen LogP contribution >= 0.6 is 12.2 Å². The zero-order chi connectivity index (χ0) is 11.3. The minimum Gasteiger partial charge on any atom is -0.287 e. The highest BCUT2D eigenvalue weighted by Gasteiger charge is 2.15. The van der Waals surface area contributed by atoms with E-state index < -0.39 is 0 Å². The molecule has 82 valence electrons. The van der Waals surface area contributed by atoms with Gasteiger partial charge in [0.1, 0.15) is 4.99 Å². The molecule has 0 saturated carbocycles. The van der Waals surface area contributed by atoms with Crippen LogP contribution in [-0.4, -0.2) is 15.3 Å². The third kappa shape index (κ3) is 3.29. The van der Waals surface area contributed by atoms with E-state index in [4.69, 9.17) is 12.2 Å². The summed E-state index contributed by atoms with van der Waals surface area (Å²) in [5.74, 6) is 0. The summed E-state index contributed by atoms with van der Waals surface area (Å²) < 4.78 is 0. The average Bonchev–Trinajstić information content (AvgIpc) is 2.28. The Hall–Kier alpha value is -0.930. The van der Waals surface area contributed by atoms with Crippen LogP contribution < -0.4 is 0 Å². The number of hydroxylamine groups is 2. The van der Waals surface area contributed by atoms with Gasteiger partial charge in [-0.1, -0.05) is 49.5 Å². The standard InChI is InChI=1S/C12H17NOS/c1-3-7-12(15)13(14)10(2)11-8-5-4-6-9-11/h4-6,8-10,14H,3,7H2,1-2H3. The van der Waals surface area contributed by atoms with E-state index in [2.05, 4.69) is 0 Å². The zero-order valence-corrected chi connectivity index (χ0v) is 10.00. The van der Waals surface area contributed by atoms with Crippen LogP contribution in [-0.2, 0) is 0 Å². The Bertz CT molecular complexity index is 313. The minimum absolute atomic E-state index is 0.0785. The molecule has 0 aromatic heterocycles. The summed E-state index contributed by atoms with van der Waals surface area (Å²) in [5.41, 5.74) is 1.07. The quantitative estimate of drug-likeness (QED) is 0.623. The van der Waals surface area contributed by atoms with Crippen molar-refractivity contribution in [3.63, 3.8) is 0 Å². The first-order valence-corrected chi connectivity index (χ1v) is 5.63. The summed E-state index contributed by atoms with van der Waals surface area (Å²) >= 11 is 5.13. The summed E-state index contributed by atoms with van der Waals surface area (Å²) in [6.45, 7) is 3.99. The molecule has 1 unspecified atom stereocenters. The highest BCUT2D eigenvalue weighted by Crippen LogP contribution is 2.19. The van der Waals surface area contributed by atoms with Gasteiger partial charge in [0.2, 0.25) is 0 Å². The number of hydrogen-bond donors (Lipinski definition) is 1. The molecule has 1 atom stereocenters. The van der Waals surface area contributed by atoms with Gasteiger partial charge in [-0.15, -0.1) is 0 Å². The third-order valence-corrected chi connectivity index (χ3v) is 2.76. The van der Waals surface area contributed by atoms with Gasteiger partial charge in [-0.05, 0) is 25.3 Å². The lowest BCUT2D eigenvalue weighted by atomic mass is 10.1. The third-order valence-electron chi connectivity index (χ3n) is 2.37. The Morgan fingerprint density at radius 1 is 1.40 bits per heavy atom. The average molecular weight is 223 g/mol. The summed E-state index contributed by atoms with van der Waals surface area (Å²) in [7, 11) is 0. The molecule has 3 heteroatoms. The molecular formula is C12H17NOS. The molecule has 15 heavy (non-hydrogen) atoms. The van der Waals surface area contributed by atoms with Crippen molar-refractivity contribution in [1.82, 2.24) is 5.06 Å². The van der Waals surface area contributed by atoms with Gasteiger partial charge < -0.3 is 0 Å². The molecule has 0 aliphatic rings. The molecule has 0 fully saturated rings. The summed E-state index contributed by atoms with van der Waals surface area (Å²) in [4.78, 5) is 0.605. The minimum atomic E-state index is -0.0785. The van der Waals surface area contributed by atoms with E-state index >= 15 is 0 Å². The first-order chi connectivity index (χ1) is 7.16. The molecule has 0 saturated heterocycles. The van der Waals surface area contributed by atoms with Gasteiger partial charge in [0.05, 0.1) is 6.04 Å². The molecule has 1 aromatic carbocycles. The summed E-state index contributed by atoms with van der Waals surface area (Å²) in [6, 6.07) is 9.78. The molecule has 1 rings (SSSR count). The van der Waals surface area contributed by atoms with Crippen molar-refractivity contribution in [2.24, 2.45) is 0 Å². The Kier molecular flexibility index (Phi) is 4.72. The van der Waals surface area contributed by atoms with Gasteiger partial charge in [-0.3, -0.25) is 5.21 Å². The SMILES string of the molecule is CCCC(=S)N(O)C(C)c1ccccc1. The largest absolute Gasteiger partial charge is 0.287 e. The fourth-order valence-electron chi connectivity index (χ4n) is 1.42. The fourth-order valence-corrected chi connectivity index (χ4v) is 1.78. The summed E-state index contributed by atoms with van der Waals surface area (Å²) in [6.07, 6.45) is 1.71. The molecule has 2 nitrogen and oxygen atoms in total. The second-order valence-electron chi connectivity index (χ2n) is 3.57. The van der Waals surface area contributed by atoms with E-state index in [1.165, 1.54) is 5.06 Å². The van der Waals surface area contributed by atoms with Crippen molar-refractivity contribution in [2.45, 2.75) is 32.7 Å². The molecule has 0 aliphatic heterocycles. The maximum absolute atomic E-state index is 9.86. The highest BCUT2D eigenvalue weighted by molar-refractivity contribution is 7.80. The van der Waals surface area contributed by atoms with Crippen molar-refractivity contribution in [3.8, 4) is 0 Å². The summed E-state index contributed by atoms with van der Waals surface area (Å²) in [5, 5.41) is 11.1. The molecular weight excluding hydrogens is 206 g/mol. The van der Waals surface area contributed by atoms with Gasteiger partial charge in [0.15, 0.2) is 0 Å². The van der Waals surface area contributed by atoms with E-state index in [1.807, 2.05) is 44.2 Å². The van der Waals surface area contributed by atoms with Crippen LogP contribution in [0.3, 0.4) is 0 Å². The van der Waals surface area contributed by atoms with Crippen LogP contribution in [0.1, 0.15) is 38.3 Å². The van der Waals surface area contributed by atoms with Crippen molar-refractivity contribution in [3.05, 3.63) is 35.9 Å². The van der Waals surface area contributed by atoms with Crippen LogP contribution in [0, 0.1) is 0 Å². The fraction of sp³-hybridized carbons (Fsp3) is 0.417. The molecule has 0 amide bonds. The highest BCUT2D eigenvalue weighted by atomic mass is 32.1. The zero-order valence-electron chi connectivity index (χ0n) is 9.18. The van der Waals surface area contributed by atoms with E-state index in [1.54, 1.807) is 0 Å². The van der Waals surface area contributed by atoms with Crippen LogP contribution in [0.5, 0.6) is 0 Å². The maximum Gasteiger partial charge on any atom is 0.104 e. The number of rotatable bonds is 4. The van der Waals surface area contributed by atoms with Crippen LogP contribution in [0.15, 0.2) is 30.3 Å². The maximum atomic E-state index is 9.86. The van der Waals surface area contributed by atoms with E-state index in [-0.39, 0.29) is 6.04 Å². The number of benzene rings is 1.